The van der Waals surface area contributed by atoms with Gasteiger partial charge < -0.3 is 26.0 Å². The second-order valence-electron chi connectivity index (χ2n) is 13.9. The van der Waals surface area contributed by atoms with Crippen LogP contribution in [0.3, 0.4) is 0 Å². The molecule has 14 heteroatoms. The van der Waals surface area contributed by atoms with Gasteiger partial charge in [-0.05, 0) is 69.1 Å². The molecule has 4 amide bonds. The molecule has 270 valence electrons. The summed E-state index contributed by atoms with van der Waals surface area (Å²) in [6.07, 6.45) is 5.43. The van der Waals surface area contributed by atoms with Crippen LogP contribution in [0.5, 0.6) is 0 Å². The number of carbonyl (C=O) groups is 4. The highest BCUT2D eigenvalue weighted by Gasteiger charge is 2.45. The van der Waals surface area contributed by atoms with Crippen LogP contribution < -0.4 is 16.0 Å². The summed E-state index contributed by atoms with van der Waals surface area (Å²) < 4.78 is 47.3. The molecule has 49 heavy (non-hydrogen) atoms. The number of amides is 4. The lowest BCUT2D eigenvalue weighted by atomic mass is 9.79. The molecule has 2 fully saturated rings. The molecule has 1 saturated heterocycles. The summed E-state index contributed by atoms with van der Waals surface area (Å²) in [5, 5.41) is 21.7. The van der Waals surface area contributed by atoms with Gasteiger partial charge in [0.05, 0.1) is 23.0 Å². The Balaban J connectivity index is 1.53. The number of hydrogen-bond donors (Lipinski definition) is 4. The van der Waals surface area contributed by atoms with Gasteiger partial charge in [-0.3, -0.25) is 23.9 Å². The van der Waals surface area contributed by atoms with Crippen molar-refractivity contribution in [2.75, 3.05) is 18.4 Å². The molecule has 1 aromatic carbocycles. The van der Waals surface area contributed by atoms with Gasteiger partial charge in [-0.25, -0.2) is 4.39 Å². The summed E-state index contributed by atoms with van der Waals surface area (Å²) in [6.45, 7) is 9.78. The average molecular weight is 691 g/mol. The highest BCUT2D eigenvalue weighted by atomic mass is 19.3. The van der Waals surface area contributed by atoms with Gasteiger partial charge in [-0.2, -0.15) is 13.9 Å². The molecule has 2 aromatic rings. The smallest absolute Gasteiger partial charge is 0.352 e. The van der Waals surface area contributed by atoms with Crippen LogP contribution in [-0.2, 0) is 31.6 Å². The van der Waals surface area contributed by atoms with Crippen molar-refractivity contribution in [3.8, 4) is 0 Å². The maximum Gasteiger partial charge on any atom is 0.352 e. The first kappa shape index (κ1) is 37.9. The second-order valence-corrected chi connectivity index (χ2v) is 13.9. The first-order valence-corrected chi connectivity index (χ1v) is 17.2. The molecule has 2 aliphatic rings. The molecular formula is C35H49F3N6O5. The molecular weight excluding hydrogens is 641 g/mol. The number of hydrogen-bond acceptors (Lipinski definition) is 6. The molecule has 0 spiro atoms. The number of anilines is 1. The summed E-state index contributed by atoms with van der Waals surface area (Å²) in [7, 11) is 0. The van der Waals surface area contributed by atoms with E-state index in [1.807, 2.05) is 0 Å². The van der Waals surface area contributed by atoms with Gasteiger partial charge >= 0.3 is 5.92 Å². The van der Waals surface area contributed by atoms with E-state index in [0.29, 0.717) is 56.8 Å². The monoisotopic (exact) mass is 690 g/mol. The van der Waals surface area contributed by atoms with Crippen molar-refractivity contribution in [1.82, 2.24) is 25.3 Å². The summed E-state index contributed by atoms with van der Waals surface area (Å²) >= 11 is 0. The minimum absolute atomic E-state index is 0.135. The SMILES string of the molecule is CCC(=O)N[C@@H](C(=O)N1CCC(C)(O)CC1)[C@@H](C)c1ccc(NC(=O)[C@@H](NC(=O)C(F)(F)c2cnn(CC)c2)[C@H]2CC[C@H](C)CC2)c(F)c1. The topological polar surface area (TPSA) is 146 Å². The van der Waals surface area contributed by atoms with Crippen molar-refractivity contribution in [3.05, 3.63) is 47.5 Å². The first-order valence-electron chi connectivity index (χ1n) is 17.2. The third-order valence-electron chi connectivity index (χ3n) is 10.0. The maximum atomic E-state index is 15.6. The van der Waals surface area contributed by atoms with E-state index >= 15 is 13.2 Å². The molecule has 1 aromatic heterocycles. The van der Waals surface area contributed by atoms with Crippen molar-refractivity contribution >= 4 is 29.3 Å². The van der Waals surface area contributed by atoms with Crippen LogP contribution in [0.4, 0.5) is 18.9 Å². The molecule has 4 rings (SSSR count). The van der Waals surface area contributed by atoms with Crippen molar-refractivity contribution in [2.45, 2.75) is 116 Å². The van der Waals surface area contributed by atoms with E-state index in [4.69, 9.17) is 0 Å². The molecule has 0 bridgehead atoms. The number of likely N-dealkylation sites (tertiary alicyclic amines) is 1. The van der Waals surface area contributed by atoms with Crippen molar-refractivity contribution in [3.63, 3.8) is 0 Å². The van der Waals surface area contributed by atoms with Gasteiger partial charge in [0, 0.05) is 38.2 Å². The highest BCUT2D eigenvalue weighted by molar-refractivity contribution is 5.98. The number of alkyl halides is 2. The number of nitrogens with one attached hydrogen (secondary N) is 3. The third kappa shape index (κ3) is 9.20. The number of aromatic nitrogens is 2. The summed E-state index contributed by atoms with van der Waals surface area (Å²) in [5.41, 5.74) is -1.32. The normalized spacial score (nSPS) is 21.3. The van der Waals surface area contributed by atoms with Gasteiger partial charge in [0.15, 0.2) is 0 Å². The molecule has 0 radical (unpaired) electrons. The number of aryl methyl sites for hydroxylation is 1. The molecule has 2 heterocycles. The maximum absolute atomic E-state index is 15.6. The molecule has 0 unspecified atom stereocenters. The molecule has 1 aliphatic carbocycles. The Hall–Kier alpha value is -3.94. The van der Waals surface area contributed by atoms with E-state index in [-0.39, 0.29) is 23.9 Å². The molecule has 4 N–H and O–H groups in total. The number of rotatable bonds is 12. The number of aliphatic hydroxyl groups is 1. The van der Waals surface area contributed by atoms with Crippen LogP contribution in [0.25, 0.3) is 0 Å². The van der Waals surface area contributed by atoms with Crippen LogP contribution in [0, 0.1) is 17.7 Å². The predicted octanol–water partition coefficient (Wildman–Crippen LogP) is 4.46. The molecule has 11 nitrogen and oxygen atoms in total. The van der Waals surface area contributed by atoms with Crippen molar-refractivity contribution < 1.29 is 37.5 Å². The van der Waals surface area contributed by atoms with E-state index in [0.717, 1.165) is 31.3 Å². The lowest BCUT2D eigenvalue weighted by Crippen LogP contribution is -2.54. The molecule has 1 aliphatic heterocycles. The lowest BCUT2D eigenvalue weighted by Gasteiger charge is -2.38. The Morgan fingerprint density at radius 3 is 2.31 bits per heavy atom. The highest BCUT2D eigenvalue weighted by Crippen LogP contribution is 2.34. The number of nitrogens with zero attached hydrogens (tertiary/aromatic N) is 3. The Bertz CT molecular complexity index is 1500. The van der Waals surface area contributed by atoms with Crippen molar-refractivity contribution in [1.29, 1.82) is 0 Å². The first-order chi connectivity index (χ1) is 23.1. The fourth-order valence-corrected chi connectivity index (χ4v) is 6.48. The predicted molar refractivity (Wildman–Crippen MR) is 177 cm³/mol. The van der Waals surface area contributed by atoms with Crippen LogP contribution >= 0.6 is 0 Å². The summed E-state index contributed by atoms with van der Waals surface area (Å²) in [5.74, 6) is -8.68. The van der Waals surface area contributed by atoms with Crippen LogP contribution in [0.2, 0.25) is 0 Å². The van der Waals surface area contributed by atoms with E-state index in [1.54, 1.807) is 32.6 Å². The Morgan fingerprint density at radius 2 is 1.73 bits per heavy atom. The number of piperidine rings is 1. The summed E-state index contributed by atoms with van der Waals surface area (Å²) in [6, 6.07) is 1.65. The largest absolute Gasteiger partial charge is 0.390 e. The number of carbonyl (C=O) groups excluding carboxylic acids is 4. The van der Waals surface area contributed by atoms with E-state index in [9.17, 15) is 24.3 Å². The molecule has 1 saturated carbocycles. The Kier molecular flexibility index (Phi) is 12.2. The van der Waals surface area contributed by atoms with Crippen LogP contribution in [0.15, 0.2) is 30.6 Å². The van der Waals surface area contributed by atoms with Crippen molar-refractivity contribution in [2.24, 2.45) is 11.8 Å². The van der Waals surface area contributed by atoms with E-state index in [1.165, 1.54) is 16.8 Å². The van der Waals surface area contributed by atoms with Crippen LogP contribution in [-0.4, -0.2) is 74.2 Å². The standard InChI is InChI=1S/C35H49F3N6O5/c1-6-28(45)41-29(32(47)43-16-14-34(5,49)15-17-43)22(4)24-12-13-27(26(36)18-24)40-31(46)30(23-10-8-21(3)9-11-23)42-33(48)35(37,38)25-19-39-44(7-2)20-25/h12-13,18-23,29-30,49H,6-11,14-17H2,1-5H3,(H,40,46)(H,41,45)(H,42,48)/t21-,22-,23-,29+,30-/m0/s1. The van der Waals surface area contributed by atoms with Gasteiger partial charge in [0.1, 0.15) is 17.9 Å². The average Bonchev–Trinajstić information content (AvgIpc) is 3.57. The number of halogens is 3. The fourth-order valence-electron chi connectivity index (χ4n) is 6.48. The zero-order valence-electron chi connectivity index (χ0n) is 28.9. The third-order valence-corrected chi connectivity index (χ3v) is 10.0. The Morgan fingerprint density at radius 1 is 1.08 bits per heavy atom. The van der Waals surface area contributed by atoms with Gasteiger partial charge in [0.2, 0.25) is 17.7 Å². The quantitative estimate of drug-likeness (QED) is 0.259. The zero-order valence-corrected chi connectivity index (χ0v) is 28.9. The van der Waals surface area contributed by atoms with Gasteiger partial charge in [0.25, 0.3) is 5.91 Å². The second kappa shape index (κ2) is 15.7. The van der Waals surface area contributed by atoms with E-state index in [2.05, 4.69) is 28.0 Å². The van der Waals surface area contributed by atoms with Crippen LogP contribution in [0.1, 0.15) is 96.6 Å². The fraction of sp³-hybridized carbons (Fsp3) is 0.629. The molecule has 3 atom stereocenters. The minimum Gasteiger partial charge on any atom is -0.390 e. The minimum atomic E-state index is -3.95. The lowest BCUT2D eigenvalue weighted by molar-refractivity contribution is -0.149. The van der Waals surface area contributed by atoms with Gasteiger partial charge in [-0.1, -0.05) is 39.7 Å². The van der Waals surface area contributed by atoms with Gasteiger partial charge in [-0.15, -0.1) is 0 Å². The zero-order chi connectivity index (χ0) is 36.1. The number of benzene rings is 1. The van der Waals surface area contributed by atoms with E-state index < -0.39 is 58.6 Å². The Labute approximate surface area is 285 Å². The summed E-state index contributed by atoms with van der Waals surface area (Å²) in [4.78, 5) is 54.1.